The molecule has 0 heteroatoms. The second kappa shape index (κ2) is 21.9. The summed E-state index contributed by atoms with van der Waals surface area (Å²) in [5.41, 5.74) is 0. The predicted molar refractivity (Wildman–Crippen MR) is 207 cm³/mol. The molecular weight excluding hydrogens is 540 g/mol. The highest BCUT2D eigenvalue weighted by Crippen LogP contribution is 2.43. The molecular formula is C45H90. The minimum Gasteiger partial charge on any atom is -0.0625 e. The van der Waals surface area contributed by atoms with Gasteiger partial charge in [0.25, 0.3) is 0 Å². The van der Waals surface area contributed by atoms with E-state index in [4.69, 9.17) is 0 Å². The van der Waals surface area contributed by atoms with Crippen molar-refractivity contribution in [2.24, 2.45) is 94.7 Å². The molecule has 0 bridgehead atoms. The van der Waals surface area contributed by atoms with Gasteiger partial charge >= 0.3 is 0 Å². The summed E-state index contributed by atoms with van der Waals surface area (Å²) in [5.74, 6) is 15.6. The Morgan fingerprint density at radius 2 is 0.400 bits per heavy atom. The van der Waals surface area contributed by atoms with E-state index in [0.29, 0.717) is 0 Å². The highest BCUT2D eigenvalue weighted by atomic mass is 14.4. The Labute approximate surface area is 288 Å². The normalized spacial score (nSPS) is 32.0. The largest absolute Gasteiger partial charge is 0.0625 e. The van der Waals surface area contributed by atoms with Gasteiger partial charge in [-0.05, 0) is 159 Å². The Balaban J connectivity index is 0.000000301. The number of rotatable bonds is 8. The molecule has 0 spiro atoms. The van der Waals surface area contributed by atoms with Crippen LogP contribution in [0.2, 0.25) is 0 Å². The van der Waals surface area contributed by atoms with Crippen LogP contribution in [0, 0.1) is 94.7 Å². The SMILES string of the molecule is CC(C)C1CC(C(C)C)C1.CC(C)C1CCC(C(C)C)C1.CC(C)C1CCC(C(C)C)CC1.CC(C)C1CCCC(C(C)C)C1. The van der Waals surface area contributed by atoms with E-state index in [1.165, 1.54) is 83.5 Å². The fourth-order valence-corrected chi connectivity index (χ4v) is 9.02. The third-order valence-electron chi connectivity index (χ3n) is 13.8. The summed E-state index contributed by atoms with van der Waals surface area (Å²) in [6.45, 7) is 37.9. The zero-order valence-electron chi connectivity index (χ0n) is 34.4. The van der Waals surface area contributed by atoms with Crippen molar-refractivity contribution in [2.75, 3.05) is 0 Å². The molecule has 0 radical (unpaired) electrons. The number of hydrogen-bond donors (Lipinski definition) is 0. The van der Waals surface area contributed by atoms with E-state index in [0.717, 1.165) is 94.7 Å². The Hall–Kier alpha value is 0. The van der Waals surface area contributed by atoms with Crippen molar-refractivity contribution >= 4 is 0 Å². The third-order valence-corrected chi connectivity index (χ3v) is 13.8. The maximum Gasteiger partial charge on any atom is -0.0386 e. The van der Waals surface area contributed by atoms with E-state index in [-0.39, 0.29) is 0 Å². The Bertz CT molecular complexity index is 638. The van der Waals surface area contributed by atoms with E-state index in [2.05, 4.69) is 111 Å². The molecule has 4 unspecified atom stereocenters. The molecule has 0 aromatic heterocycles. The third kappa shape index (κ3) is 16.3. The fraction of sp³-hybridized carbons (Fsp3) is 1.00. The lowest BCUT2D eigenvalue weighted by atomic mass is 9.65. The molecule has 0 N–H and O–H groups in total. The zero-order valence-corrected chi connectivity index (χ0v) is 34.4. The summed E-state index contributed by atoms with van der Waals surface area (Å²) in [5, 5.41) is 0. The van der Waals surface area contributed by atoms with Crippen molar-refractivity contribution in [3.05, 3.63) is 0 Å². The molecule has 0 aliphatic heterocycles. The molecule has 0 aromatic carbocycles. The van der Waals surface area contributed by atoms with Crippen LogP contribution in [0.5, 0.6) is 0 Å². The van der Waals surface area contributed by atoms with E-state index in [9.17, 15) is 0 Å². The van der Waals surface area contributed by atoms with Crippen molar-refractivity contribution in [2.45, 2.75) is 194 Å². The van der Waals surface area contributed by atoms with Crippen LogP contribution in [0.4, 0.5) is 0 Å². The fourth-order valence-electron chi connectivity index (χ4n) is 9.02. The Morgan fingerprint density at radius 1 is 0.222 bits per heavy atom. The van der Waals surface area contributed by atoms with Gasteiger partial charge in [0.1, 0.15) is 0 Å². The maximum atomic E-state index is 2.38. The van der Waals surface area contributed by atoms with Gasteiger partial charge in [-0.1, -0.05) is 130 Å². The first-order valence-electron chi connectivity index (χ1n) is 20.9. The maximum absolute atomic E-state index is 2.38. The molecule has 270 valence electrons. The van der Waals surface area contributed by atoms with Gasteiger partial charge in [-0.3, -0.25) is 0 Å². The molecule has 45 heavy (non-hydrogen) atoms. The van der Waals surface area contributed by atoms with Crippen LogP contribution < -0.4 is 0 Å². The van der Waals surface area contributed by atoms with Crippen LogP contribution >= 0.6 is 0 Å². The van der Waals surface area contributed by atoms with Crippen molar-refractivity contribution in [1.29, 1.82) is 0 Å². The highest BCUT2D eigenvalue weighted by Gasteiger charge is 2.32. The van der Waals surface area contributed by atoms with Gasteiger partial charge in [-0.15, -0.1) is 0 Å². The van der Waals surface area contributed by atoms with E-state index < -0.39 is 0 Å². The predicted octanol–water partition coefficient (Wildman–Crippen LogP) is 15.2. The topological polar surface area (TPSA) is 0 Å². The minimum atomic E-state index is 0.909. The van der Waals surface area contributed by atoms with Crippen LogP contribution in [-0.4, -0.2) is 0 Å². The highest BCUT2D eigenvalue weighted by molar-refractivity contribution is 4.83. The summed E-state index contributed by atoms with van der Waals surface area (Å²) in [7, 11) is 0. The lowest BCUT2D eigenvalue weighted by Gasteiger charge is -2.40. The van der Waals surface area contributed by atoms with E-state index in [1.807, 2.05) is 0 Å². The lowest BCUT2D eigenvalue weighted by molar-refractivity contribution is 0.102. The van der Waals surface area contributed by atoms with Gasteiger partial charge in [0.2, 0.25) is 0 Å². The molecule has 0 nitrogen and oxygen atoms in total. The average Bonchev–Trinajstić information content (AvgIpc) is 3.44. The quantitative estimate of drug-likeness (QED) is 0.250. The zero-order chi connectivity index (χ0) is 34.4. The van der Waals surface area contributed by atoms with Crippen LogP contribution in [0.25, 0.3) is 0 Å². The van der Waals surface area contributed by atoms with Crippen LogP contribution in [-0.2, 0) is 0 Å². The smallest absolute Gasteiger partial charge is 0.0386 e. The Kier molecular flexibility index (Phi) is 20.9. The molecule has 4 atom stereocenters. The van der Waals surface area contributed by atoms with Gasteiger partial charge in [0, 0.05) is 0 Å². The van der Waals surface area contributed by atoms with Crippen molar-refractivity contribution in [1.82, 2.24) is 0 Å². The van der Waals surface area contributed by atoms with Gasteiger partial charge in [-0.25, -0.2) is 0 Å². The lowest BCUT2D eigenvalue weighted by Crippen LogP contribution is -2.30. The summed E-state index contributed by atoms with van der Waals surface area (Å²) >= 11 is 0. The number of hydrogen-bond acceptors (Lipinski definition) is 0. The van der Waals surface area contributed by atoms with Crippen LogP contribution in [0.15, 0.2) is 0 Å². The molecule has 4 aliphatic carbocycles. The van der Waals surface area contributed by atoms with Crippen LogP contribution in [0.3, 0.4) is 0 Å². The van der Waals surface area contributed by atoms with Crippen molar-refractivity contribution in [3.63, 3.8) is 0 Å². The minimum absolute atomic E-state index is 0.909. The van der Waals surface area contributed by atoms with Gasteiger partial charge in [-0.2, -0.15) is 0 Å². The summed E-state index contributed by atoms with van der Waals surface area (Å²) in [6.07, 6.45) is 19.4. The van der Waals surface area contributed by atoms with Gasteiger partial charge in [0.15, 0.2) is 0 Å². The molecule has 4 saturated carbocycles. The van der Waals surface area contributed by atoms with Gasteiger partial charge < -0.3 is 0 Å². The standard InChI is InChI=1S/2C12H24.C11H22.C10H20/c1-9(2)11-5-7-12(8-6-11)10(3)4;1-9(2)11-6-5-7-12(8-11)10(3)4;1-8(2)10-5-6-11(7-10)9(3)4;1-7(2)9-5-10(6-9)8(3)4/h2*9-12H,5-8H2,1-4H3;8-11H,5-7H2,1-4H3;7-10H,5-6H2,1-4H3. The van der Waals surface area contributed by atoms with Crippen molar-refractivity contribution < 1.29 is 0 Å². The van der Waals surface area contributed by atoms with Crippen molar-refractivity contribution in [3.8, 4) is 0 Å². The first-order chi connectivity index (χ1) is 20.9. The molecule has 0 saturated heterocycles. The first kappa shape index (κ1) is 43.0. The van der Waals surface area contributed by atoms with E-state index in [1.54, 1.807) is 0 Å². The molecule has 0 aromatic rings. The first-order valence-corrected chi connectivity index (χ1v) is 20.9. The molecule has 0 heterocycles. The van der Waals surface area contributed by atoms with Crippen LogP contribution in [0.1, 0.15) is 194 Å². The summed E-state index contributed by atoms with van der Waals surface area (Å²) in [6, 6.07) is 0. The molecule has 4 aliphatic rings. The monoisotopic (exact) mass is 631 g/mol. The second-order valence-electron chi connectivity index (χ2n) is 19.6. The second-order valence-corrected chi connectivity index (χ2v) is 19.6. The van der Waals surface area contributed by atoms with Gasteiger partial charge in [0.05, 0.1) is 0 Å². The molecule has 4 rings (SSSR count). The molecule has 0 amide bonds. The summed E-state index contributed by atoms with van der Waals surface area (Å²) < 4.78 is 0. The Morgan fingerprint density at radius 3 is 0.600 bits per heavy atom. The summed E-state index contributed by atoms with van der Waals surface area (Å²) in [4.78, 5) is 0. The average molecular weight is 631 g/mol. The van der Waals surface area contributed by atoms with E-state index >= 15 is 0 Å². The molecule has 4 fully saturated rings.